The van der Waals surface area contributed by atoms with E-state index in [0.717, 1.165) is 0 Å². The van der Waals surface area contributed by atoms with Gasteiger partial charge in [0.15, 0.2) is 6.10 Å². The molecule has 1 rings (SSSR count). The Morgan fingerprint density at radius 2 is 1.59 bits per heavy atom. The van der Waals surface area contributed by atoms with Gasteiger partial charge in [-0.15, -0.1) is 0 Å². The van der Waals surface area contributed by atoms with Crippen LogP contribution in [-0.4, -0.2) is 37.4 Å². The number of hydrogen-bond donors (Lipinski definition) is 0. The second-order valence-electron chi connectivity index (χ2n) is 7.27. The lowest BCUT2D eigenvalue weighted by atomic mass is 9.76. The first-order valence-corrected chi connectivity index (χ1v) is 8.08. The van der Waals surface area contributed by atoms with E-state index in [1.54, 1.807) is 6.92 Å². The first kappa shape index (κ1) is 18.9. The predicted octanol–water partition coefficient (Wildman–Crippen LogP) is 2.81. The molecule has 1 aliphatic rings. The van der Waals surface area contributed by atoms with E-state index in [1.807, 2.05) is 27.7 Å². The highest BCUT2D eigenvalue weighted by molar-refractivity contribution is 5.76. The van der Waals surface area contributed by atoms with Gasteiger partial charge in [-0.25, -0.2) is 4.79 Å². The molecule has 5 heteroatoms. The van der Waals surface area contributed by atoms with Gasteiger partial charge in [-0.2, -0.15) is 0 Å². The third-order valence-corrected chi connectivity index (χ3v) is 4.55. The van der Waals surface area contributed by atoms with Crippen molar-refractivity contribution in [3.8, 4) is 0 Å². The molecule has 0 aliphatic carbocycles. The molecule has 1 saturated heterocycles. The summed E-state index contributed by atoms with van der Waals surface area (Å²) in [6, 6.07) is 0. The molecule has 5 nitrogen and oxygen atoms in total. The maximum absolute atomic E-state index is 12.0. The van der Waals surface area contributed by atoms with Crippen LogP contribution in [0.5, 0.6) is 0 Å². The van der Waals surface area contributed by atoms with E-state index in [2.05, 4.69) is 13.8 Å². The Morgan fingerprint density at radius 3 is 2.09 bits per heavy atom. The average molecular weight is 314 g/mol. The van der Waals surface area contributed by atoms with Gasteiger partial charge in [0.2, 0.25) is 0 Å². The highest BCUT2D eigenvalue weighted by Crippen LogP contribution is 2.35. The van der Waals surface area contributed by atoms with Crippen LogP contribution in [0.1, 0.15) is 48.5 Å². The smallest absolute Gasteiger partial charge is 0.335 e. The summed E-state index contributed by atoms with van der Waals surface area (Å²) in [5.74, 6) is -0.0401. The second kappa shape index (κ2) is 7.44. The molecule has 0 aromatic heterocycles. The van der Waals surface area contributed by atoms with Crippen molar-refractivity contribution in [3.63, 3.8) is 0 Å². The number of esters is 2. The molecule has 22 heavy (non-hydrogen) atoms. The van der Waals surface area contributed by atoms with Crippen molar-refractivity contribution in [2.24, 2.45) is 23.2 Å². The lowest BCUT2D eigenvalue weighted by molar-refractivity contribution is -0.194. The molecule has 1 aliphatic heterocycles. The minimum absolute atomic E-state index is 0.0728. The summed E-state index contributed by atoms with van der Waals surface area (Å²) in [6.45, 7) is 13.9. The van der Waals surface area contributed by atoms with E-state index >= 15 is 0 Å². The Kier molecular flexibility index (Phi) is 6.41. The zero-order chi connectivity index (χ0) is 17.1. The average Bonchev–Trinajstić information content (AvgIpc) is 2.42. The molecule has 1 heterocycles. The number of hydrogen-bond acceptors (Lipinski definition) is 5. The first-order chi connectivity index (χ1) is 10.1. The van der Waals surface area contributed by atoms with Gasteiger partial charge in [-0.05, 0) is 45.4 Å². The maximum Gasteiger partial charge on any atom is 0.335 e. The summed E-state index contributed by atoms with van der Waals surface area (Å²) in [6.07, 6.45) is -0.878. The fourth-order valence-corrected chi connectivity index (χ4v) is 2.59. The van der Waals surface area contributed by atoms with Crippen molar-refractivity contribution in [2.75, 3.05) is 13.2 Å². The van der Waals surface area contributed by atoms with E-state index in [1.165, 1.54) is 0 Å². The van der Waals surface area contributed by atoms with Crippen LogP contribution in [0, 0.1) is 23.2 Å². The summed E-state index contributed by atoms with van der Waals surface area (Å²) in [5, 5.41) is 0. The maximum atomic E-state index is 12.0. The van der Waals surface area contributed by atoms with E-state index in [0.29, 0.717) is 6.61 Å². The largest absolute Gasteiger partial charge is 0.464 e. The lowest BCUT2D eigenvalue weighted by Gasteiger charge is -2.42. The van der Waals surface area contributed by atoms with E-state index in [4.69, 9.17) is 14.2 Å². The normalized spacial score (nSPS) is 32.4. The van der Waals surface area contributed by atoms with Gasteiger partial charge in [-0.1, -0.05) is 20.8 Å². The summed E-state index contributed by atoms with van der Waals surface area (Å²) in [5.41, 5.74) is -0.544. The fourth-order valence-electron chi connectivity index (χ4n) is 2.59. The number of carbonyl (C=O) groups excluding carboxylic acids is 2. The molecule has 1 fully saturated rings. The zero-order valence-electron chi connectivity index (χ0n) is 14.8. The van der Waals surface area contributed by atoms with Crippen molar-refractivity contribution < 1.29 is 23.8 Å². The van der Waals surface area contributed by atoms with Crippen LogP contribution in [0.2, 0.25) is 0 Å². The summed E-state index contributed by atoms with van der Waals surface area (Å²) in [4.78, 5) is 24.0. The minimum atomic E-state index is -0.593. The number of ether oxygens (including phenoxy) is 3. The highest BCUT2D eigenvalue weighted by atomic mass is 16.6. The molecule has 5 atom stereocenters. The lowest BCUT2D eigenvalue weighted by Crippen LogP contribution is -2.50. The van der Waals surface area contributed by atoms with Gasteiger partial charge in [0, 0.05) is 0 Å². The second-order valence-corrected chi connectivity index (χ2v) is 7.27. The molecule has 0 bridgehead atoms. The predicted molar refractivity (Wildman–Crippen MR) is 83.2 cm³/mol. The first-order valence-electron chi connectivity index (χ1n) is 8.08. The Labute approximate surface area is 133 Å². The van der Waals surface area contributed by atoms with Crippen LogP contribution in [-0.2, 0) is 23.8 Å². The number of carbonyl (C=O) groups is 2. The van der Waals surface area contributed by atoms with Crippen molar-refractivity contribution >= 4 is 11.9 Å². The van der Waals surface area contributed by atoms with E-state index < -0.39 is 11.5 Å². The van der Waals surface area contributed by atoms with E-state index in [-0.39, 0.29) is 42.4 Å². The standard InChI is InChI=1S/C17H30O5/c1-8-20-15(18)14-12(4)10(2)11(3)13(22-14)9-21-16(19)17(5,6)7/h10-14H,8-9H2,1-7H3/t10-,11-,12+,13+,14?/m0/s1. The van der Waals surface area contributed by atoms with Crippen LogP contribution in [0.25, 0.3) is 0 Å². The Hall–Kier alpha value is -1.10. The Balaban J connectivity index is 2.73. The Morgan fingerprint density at radius 1 is 1.00 bits per heavy atom. The molecule has 0 radical (unpaired) electrons. The van der Waals surface area contributed by atoms with Crippen LogP contribution in [0.15, 0.2) is 0 Å². The third-order valence-electron chi connectivity index (χ3n) is 4.55. The van der Waals surface area contributed by atoms with Gasteiger partial charge in [-0.3, -0.25) is 4.79 Å². The molecule has 128 valence electrons. The highest BCUT2D eigenvalue weighted by Gasteiger charge is 2.43. The minimum Gasteiger partial charge on any atom is -0.464 e. The van der Waals surface area contributed by atoms with Gasteiger partial charge in [0.25, 0.3) is 0 Å². The monoisotopic (exact) mass is 314 g/mol. The number of rotatable bonds is 4. The van der Waals surface area contributed by atoms with Gasteiger partial charge >= 0.3 is 11.9 Å². The van der Waals surface area contributed by atoms with Crippen molar-refractivity contribution in [1.29, 1.82) is 0 Å². The van der Waals surface area contributed by atoms with Crippen molar-refractivity contribution in [1.82, 2.24) is 0 Å². The topological polar surface area (TPSA) is 61.8 Å². The Bertz CT molecular complexity index is 398. The summed E-state index contributed by atoms with van der Waals surface area (Å²) < 4.78 is 16.4. The quantitative estimate of drug-likeness (QED) is 0.747. The van der Waals surface area contributed by atoms with Crippen molar-refractivity contribution in [2.45, 2.75) is 60.7 Å². The molecular weight excluding hydrogens is 284 g/mol. The van der Waals surface area contributed by atoms with Crippen LogP contribution >= 0.6 is 0 Å². The molecule has 1 unspecified atom stereocenters. The van der Waals surface area contributed by atoms with Gasteiger partial charge < -0.3 is 14.2 Å². The molecule has 0 saturated carbocycles. The summed E-state index contributed by atoms with van der Waals surface area (Å²) >= 11 is 0. The molecule has 0 aromatic carbocycles. The SMILES string of the molecule is CCOC(=O)C1O[C@H](COC(=O)C(C)(C)C)[C@@H](C)[C@H](C)[C@H]1C. The summed E-state index contributed by atoms with van der Waals surface area (Å²) in [7, 11) is 0. The zero-order valence-corrected chi connectivity index (χ0v) is 14.8. The third kappa shape index (κ3) is 4.45. The van der Waals surface area contributed by atoms with Crippen LogP contribution in [0.3, 0.4) is 0 Å². The van der Waals surface area contributed by atoms with Gasteiger partial charge in [0.05, 0.1) is 18.1 Å². The van der Waals surface area contributed by atoms with Crippen LogP contribution in [0.4, 0.5) is 0 Å². The van der Waals surface area contributed by atoms with Crippen molar-refractivity contribution in [3.05, 3.63) is 0 Å². The van der Waals surface area contributed by atoms with Crippen LogP contribution < -0.4 is 0 Å². The molecule has 0 spiro atoms. The molecule has 0 N–H and O–H groups in total. The fraction of sp³-hybridized carbons (Fsp3) is 0.882. The molecule has 0 amide bonds. The van der Waals surface area contributed by atoms with E-state index in [9.17, 15) is 9.59 Å². The molecule has 0 aromatic rings. The van der Waals surface area contributed by atoms with Gasteiger partial charge in [0.1, 0.15) is 6.61 Å². The molecular formula is C17H30O5.